The number of benzene rings is 1. The van der Waals surface area contributed by atoms with Crippen LogP contribution in [-0.4, -0.2) is 40.7 Å². The first kappa shape index (κ1) is 22.0. The van der Waals surface area contributed by atoms with E-state index >= 15 is 0 Å². The smallest absolute Gasteiger partial charge is 0.338 e. The maximum Gasteiger partial charge on any atom is 0.338 e. The Morgan fingerprint density at radius 3 is 2.63 bits per heavy atom. The van der Waals surface area contributed by atoms with Crippen LogP contribution in [-0.2, 0) is 9.53 Å². The fourth-order valence-electron chi connectivity index (χ4n) is 3.02. The molecule has 5 nitrogen and oxygen atoms in total. The van der Waals surface area contributed by atoms with Crippen LogP contribution in [0.5, 0.6) is 0 Å². The Bertz CT molecular complexity index is 638. The van der Waals surface area contributed by atoms with Crippen molar-refractivity contribution < 1.29 is 19.4 Å². The zero-order valence-corrected chi connectivity index (χ0v) is 17.7. The lowest BCUT2D eigenvalue weighted by molar-refractivity contribution is -0.133. The summed E-state index contributed by atoms with van der Waals surface area (Å²) < 4.78 is 5.15. The van der Waals surface area contributed by atoms with Crippen molar-refractivity contribution in [2.24, 2.45) is 0 Å². The highest BCUT2D eigenvalue weighted by Gasteiger charge is 2.31. The summed E-state index contributed by atoms with van der Waals surface area (Å²) in [7, 11) is 0. The van der Waals surface area contributed by atoms with E-state index in [9.17, 15) is 9.59 Å². The van der Waals surface area contributed by atoms with Crippen LogP contribution in [0, 0.1) is 0 Å². The third kappa shape index (κ3) is 6.64. The number of thioether (sulfide) groups is 2. The molecule has 0 spiro atoms. The fraction of sp³-hybridized carbons (Fsp3) is 0.600. The zero-order chi connectivity index (χ0) is 19.6. The summed E-state index contributed by atoms with van der Waals surface area (Å²) in [6.45, 7) is 5.23. The Kier molecular flexibility index (Phi) is 9.34. The molecule has 1 atom stereocenters. The number of unbranched alkanes of at least 4 members (excludes halogenated alkanes) is 5. The van der Waals surface area contributed by atoms with Gasteiger partial charge >= 0.3 is 11.9 Å². The minimum atomic E-state index is -0.803. The maximum absolute atomic E-state index is 12.1. The maximum atomic E-state index is 12.1. The van der Waals surface area contributed by atoms with Crippen LogP contribution in [0.2, 0.25) is 0 Å². The van der Waals surface area contributed by atoms with Gasteiger partial charge in [-0.15, -0.1) is 11.8 Å². The molecule has 0 aliphatic carbocycles. The summed E-state index contributed by atoms with van der Waals surface area (Å²) in [5.74, 6) is -1.04. The van der Waals surface area contributed by atoms with Gasteiger partial charge in [-0.1, -0.05) is 50.8 Å². The molecule has 0 saturated heterocycles. The number of rotatable bonds is 12. The number of hydrogen-bond donors (Lipinski definition) is 1. The van der Waals surface area contributed by atoms with Crippen molar-refractivity contribution in [3.63, 3.8) is 0 Å². The van der Waals surface area contributed by atoms with Crippen LogP contribution in [0.15, 0.2) is 23.1 Å². The molecule has 0 radical (unpaired) electrons. The highest BCUT2D eigenvalue weighted by molar-refractivity contribution is 8.17. The molecule has 150 valence electrons. The molecule has 1 N–H and O–H groups in total. The van der Waals surface area contributed by atoms with E-state index in [1.165, 1.54) is 43.9 Å². The fourth-order valence-corrected chi connectivity index (χ4v) is 5.50. The normalized spacial score (nSPS) is 15.6. The third-order valence-electron chi connectivity index (χ3n) is 4.36. The van der Waals surface area contributed by atoms with E-state index < -0.39 is 5.97 Å². The van der Waals surface area contributed by atoms with Crippen molar-refractivity contribution in [2.45, 2.75) is 62.0 Å². The van der Waals surface area contributed by atoms with Gasteiger partial charge in [0.2, 0.25) is 0 Å². The number of ether oxygens (including phenoxy) is 1. The first-order valence-electron chi connectivity index (χ1n) is 9.64. The minimum absolute atomic E-state index is 0.0317. The van der Waals surface area contributed by atoms with Crippen LogP contribution < -0.4 is 4.90 Å². The summed E-state index contributed by atoms with van der Waals surface area (Å²) in [6, 6.07) is 5.62. The van der Waals surface area contributed by atoms with Crippen molar-refractivity contribution in [3.8, 4) is 0 Å². The zero-order valence-electron chi connectivity index (χ0n) is 16.1. The average molecular weight is 412 g/mol. The monoisotopic (exact) mass is 411 g/mol. The van der Waals surface area contributed by atoms with E-state index in [0.717, 1.165) is 23.5 Å². The van der Waals surface area contributed by atoms with Gasteiger partial charge in [0, 0.05) is 11.4 Å². The molecule has 2 rings (SSSR count). The first-order valence-corrected chi connectivity index (χ1v) is 11.6. The number of carboxylic acid groups (broad SMARTS) is 1. The standard InChI is InChI=1S/C20H29NO4S2/c1-3-5-6-7-8-9-12-21-16-13-15(19(24)25-4-2)10-11-17(16)27-20(21)26-14-18(22)23/h10-11,13,20H,3-9,12,14H2,1-2H3,(H,22,23). The van der Waals surface area contributed by atoms with E-state index in [1.807, 2.05) is 12.1 Å². The van der Waals surface area contributed by atoms with Gasteiger partial charge in [-0.3, -0.25) is 4.79 Å². The molecular weight excluding hydrogens is 382 g/mol. The molecule has 1 aromatic rings. The summed E-state index contributed by atoms with van der Waals surface area (Å²) >= 11 is 3.09. The molecule has 7 heteroatoms. The van der Waals surface area contributed by atoms with Crippen LogP contribution in [0.3, 0.4) is 0 Å². The average Bonchev–Trinajstić information content (AvgIpc) is 3.00. The molecule has 1 aliphatic rings. The molecule has 0 amide bonds. The number of esters is 1. The van der Waals surface area contributed by atoms with E-state index in [1.54, 1.807) is 24.8 Å². The number of hydrogen-bond acceptors (Lipinski definition) is 6. The molecule has 0 bridgehead atoms. The van der Waals surface area contributed by atoms with Crippen molar-refractivity contribution >= 4 is 41.1 Å². The number of aliphatic carboxylic acids is 1. The predicted molar refractivity (Wildman–Crippen MR) is 113 cm³/mol. The number of nitrogens with zero attached hydrogens (tertiary/aromatic N) is 1. The van der Waals surface area contributed by atoms with Crippen molar-refractivity contribution in [3.05, 3.63) is 23.8 Å². The summed E-state index contributed by atoms with van der Waals surface area (Å²) in [6.07, 6.45) is 7.26. The Balaban J connectivity index is 2.06. The lowest BCUT2D eigenvalue weighted by Gasteiger charge is -2.26. The van der Waals surface area contributed by atoms with Crippen LogP contribution in [0.4, 0.5) is 5.69 Å². The Morgan fingerprint density at radius 2 is 1.93 bits per heavy atom. The Hall–Kier alpha value is -1.34. The second kappa shape index (κ2) is 11.5. The van der Waals surface area contributed by atoms with Gasteiger partial charge in [-0.2, -0.15) is 0 Å². The molecular formula is C20H29NO4S2. The quantitative estimate of drug-likeness (QED) is 0.373. The van der Waals surface area contributed by atoms with E-state index in [2.05, 4.69) is 11.8 Å². The highest BCUT2D eigenvalue weighted by atomic mass is 32.2. The van der Waals surface area contributed by atoms with E-state index in [-0.39, 0.29) is 16.4 Å². The predicted octanol–water partition coefficient (Wildman–Crippen LogP) is 5.24. The van der Waals surface area contributed by atoms with Gasteiger partial charge in [0.15, 0.2) is 0 Å². The van der Waals surface area contributed by atoms with Gasteiger partial charge in [0.1, 0.15) is 4.71 Å². The topological polar surface area (TPSA) is 66.8 Å². The van der Waals surface area contributed by atoms with Gasteiger partial charge in [-0.25, -0.2) is 4.79 Å². The molecule has 27 heavy (non-hydrogen) atoms. The number of carboxylic acids is 1. The highest BCUT2D eigenvalue weighted by Crippen LogP contribution is 2.48. The van der Waals surface area contributed by atoms with Crippen molar-refractivity contribution in [1.29, 1.82) is 0 Å². The van der Waals surface area contributed by atoms with Gasteiger partial charge in [-0.05, 0) is 31.5 Å². The Morgan fingerprint density at radius 1 is 1.19 bits per heavy atom. The van der Waals surface area contributed by atoms with Gasteiger partial charge in [0.25, 0.3) is 0 Å². The van der Waals surface area contributed by atoms with Crippen molar-refractivity contribution in [1.82, 2.24) is 0 Å². The van der Waals surface area contributed by atoms with E-state index in [4.69, 9.17) is 9.84 Å². The van der Waals surface area contributed by atoms with Crippen LogP contribution in [0.25, 0.3) is 0 Å². The summed E-state index contributed by atoms with van der Waals surface area (Å²) in [5, 5.41) is 9.04. The summed E-state index contributed by atoms with van der Waals surface area (Å²) in [4.78, 5) is 26.4. The molecule has 1 unspecified atom stereocenters. The van der Waals surface area contributed by atoms with Crippen molar-refractivity contribution in [2.75, 3.05) is 23.8 Å². The second-order valence-electron chi connectivity index (χ2n) is 6.49. The largest absolute Gasteiger partial charge is 0.481 e. The van der Waals surface area contributed by atoms with Gasteiger partial charge < -0.3 is 14.7 Å². The summed E-state index contributed by atoms with van der Waals surface area (Å²) in [5.41, 5.74) is 1.56. The number of fused-ring (bicyclic) bond motifs is 1. The van der Waals surface area contributed by atoms with E-state index in [0.29, 0.717) is 12.2 Å². The second-order valence-corrected chi connectivity index (χ2v) is 8.98. The minimum Gasteiger partial charge on any atom is -0.481 e. The first-order chi connectivity index (χ1) is 13.1. The third-order valence-corrected chi connectivity index (χ3v) is 7.07. The molecule has 1 aromatic carbocycles. The SMILES string of the molecule is CCCCCCCCN1c2cc(C(=O)OCC)ccc2SC1SCC(=O)O. The molecule has 1 heterocycles. The number of carbonyl (C=O) groups excluding carboxylic acids is 1. The molecule has 0 fully saturated rings. The molecule has 0 aromatic heterocycles. The lowest BCUT2D eigenvalue weighted by Crippen LogP contribution is -2.29. The Labute approximate surface area is 170 Å². The van der Waals surface area contributed by atoms with Gasteiger partial charge in [0.05, 0.1) is 23.6 Å². The molecule has 1 aliphatic heterocycles. The van der Waals surface area contributed by atoms with Crippen LogP contribution >= 0.6 is 23.5 Å². The lowest BCUT2D eigenvalue weighted by atomic mass is 10.1. The number of anilines is 1. The number of carbonyl (C=O) groups is 2. The van der Waals surface area contributed by atoms with Crippen LogP contribution in [0.1, 0.15) is 62.7 Å². The molecule has 0 saturated carbocycles.